The van der Waals surface area contributed by atoms with Gasteiger partial charge in [0.25, 0.3) is 5.91 Å². The second kappa shape index (κ2) is 12.2. The molecule has 182 valence electrons. The molecule has 0 atom stereocenters. The molecule has 1 amide bonds. The number of nitrogens with one attached hydrogen (secondary N) is 1. The van der Waals surface area contributed by atoms with E-state index in [9.17, 15) is 4.79 Å². The Hall–Kier alpha value is -3.60. The molecule has 0 bridgehead atoms. The minimum Gasteiger partial charge on any atom is -0.493 e. The molecule has 3 aromatic carbocycles. The van der Waals surface area contributed by atoms with Gasteiger partial charge in [-0.25, -0.2) is 4.98 Å². The fourth-order valence-electron chi connectivity index (χ4n) is 4.47. The third kappa shape index (κ3) is 6.50. The molecule has 1 aromatic heterocycles. The molecule has 0 aliphatic rings. The number of hydrogen-bond acceptors (Lipinski definition) is 3. The van der Waals surface area contributed by atoms with Gasteiger partial charge in [-0.3, -0.25) is 4.79 Å². The van der Waals surface area contributed by atoms with Gasteiger partial charge in [0.15, 0.2) is 0 Å². The number of amides is 1. The zero-order valence-corrected chi connectivity index (χ0v) is 20.8. The quantitative estimate of drug-likeness (QED) is 0.249. The molecule has 1 heterocycles. The first kappa shape index (κ1) is 24.5. The van der Waals surface area contributed by atoms with Crippen LogP contribution in [-0.4, -0.2) is 28.6 Å². The largest absolute Gasteiger partial charge is 0.493 e. The summed E-state index contributed by atoms with van der Waals surface area (Å²) in [6, 6.07) is 24.0. The Labute approximate surface area is 208 Å². The van der Waals surface area contributed by atoms with Crippen molar-refractivity contribution in [2.24, 2.45) is 0 Å². The van der Waals surface area contributed by atoms with Gasteiger partial charge in [0.05, 0.1) is 17.6 Å². The first-order valence-corrected chi connectivity index (χ1v) is 12.6. The van der Waals surface area contributed by atoms with E-state index in [4.69, 9.17) is 9.72 Å². The van der Waals surface area contributed by atoms with Crippen LogP contribution in [0.15, 0.2) is 72.8 Å². The second-order valence-corrected chi connectivity index (χ2v) is 9.02. The average Bonchev–Trinajstić information content (AvgIpc) is 3.23. The summed E-state index contributed by atoms with van der Waals surface area (Å²) in [6.45, 7) is 6.44. The second-order valence-electron chi connectivity index (χ2n) is 9.02. The molecule has 0 saturated carbocycles. The number of benzene rings is 3. The summed E-state index contributed by atoms with van der Waals surface area (Å²) < 4.78 is 8.47. The Bertz CT molecular complexity index is 1230. The summed E-state index contributed by atoms with van der Waals surface area (Å²) in [5, 5.41) is 3.01. The predicted molar refractivity (Wildman–Crippen MR) is 142 cm³/mol. The number of carbonyl (C=O) groups excluding carboxylic acids is 1. The topological polar surface area (TPSA) is 56.1 Å². The lowest BCUT2D eigenvalue weighted by molar-refractivity contribution is 0.0953. The van der Waals surface area contributed by atoms with Crippen molar-refractivity contribution < 1.29 is 9.53 Å². The number of para-hydroxylation sites is 3. The van der Waals surface area contributed by atoms with E-state index in [1.165, 1.54) is 16.6 Å². The molecule has 0 saturated heterocycles. The zero-order valence-electron chi connectivity index (χ0n) is 20.8. The third-order valence-corrected chi connectivity index (χ3v) is 6.31. The molecule has 0 spiro atoms. The first-order chi connectivity index (χ1) is 17.1. The Balaban J connectivity index is 1.26. The van der Waals surface area contributed by atoms with Crippen LogP contribution in [-0.2, 0) is 13.0 Å². The maximum absolute atomic E-state index is 12.2. The number of unbranched alkanes of at least 4 members (excludes halogenated alkanes) is 2. The summed E-state index contributed by atoms with van der Waals surface area (Å²) in [4.78, 5) is 17.1. The lowest BCUT2D eigenvalue weighted by Crippen LogP contribution is -2.24. The monoisotopic (exact) mass is 469 g/mol. The number of rotatable bonds is 12. The lowest BCUT2D eigenvalue weighted by atomic mass is 10.1. The van der Waals surface area contributed by atoms with Crippen LogP contribution in [0, 0.1) is 13.8 Å². The van der Waals surface area contributed by atoms with Crippen molar-refractivity contribution in [3.05, 3.63) is 95.3 Å². The number of carbonyl (C=O) groups is 1. The molecule has 0 aliphatic heterocycles. The van der Waals surface area contributed by atoms with Gasteiger partial charge in [0.2, 0.25) is 0 Å². The van der Waals surface area contributed by atoms with Gasteiger partial charge in [-0.1, -0.05) is 55.0 Å². The van der Waals surface area contributed by atoms with Crippen molar-refractivity contribution in [3.8, 4) is 5.75 Å². The van der Waals surface area contributed by atoms with Gasteiger partial charge >= 0.3 is 0 Å². The molecule has 1 N–H and O–H groups in total. The fraction of sp³-hybridized carbons (Fsp3) is 0.333. The van der Waals surface area contributed by atoms with Crippen LogP contribution in [0.4, 0.5) is 0 Å². The smallest absolute Gasteiger partial charge is 0.251 e. The van der Waals surface area contributed by atoms with E-state index in [2.05, 4.69) is 60.1 Å². The Kier molecular flexibility index (Phi) is 8.55. The minimum absolute atomic E-state index is 0.00417. The Morgan fingerprint density at radius 2 is 1.60 bits per heavy atom. The minimum atomic E-state index is -0.00417. The molecule has 0 unspecified atom stereocenters. The number of hydrogen-bond donors (Lipinski definition) is 1. The van der Waals surface area contributed by atoms with Crippen LogP contribution in [0.5, 0.6) is 5.75 Å². The molecule has 0 radical (unpaired) electrons. The highest BCUT2D eigenvalue weighted by Crippen LogP contribution is 2.23. The standard InChI is InChI=1S/C30H35N3O2/c1-23-13-11-14-24(2)29(23)35-22-12-21-33-27-18-9-8-17-26(27)32-28(33)19-7-4-10-20-31-30(34)25-15-5-3-6-16-25/h3,5-6,8-9,11,13-18H,4,7,10,12,19-22H2,1-2H3,(H,31,34). The molecule has 5 heteroatoms. The molecule has 4 aromatic rings. The zero-order chi connectivity index (χ0) is 24.5. The number of nitrogens with zero attached hydrogens (tertiary/aromatic N) is 2. The van der Waals surface area contributed by atoms with Gasteiger partial charge < -0.3 is 14.6 Å². The maximum atomic E-state index is 12.2. The molecule has 35 heavy (non-hydrogen) atoms. The maximum Gasteiger partial charge on any atom is 0.251 e. The Morgan fingerprint density at radius 3 is 2.40 bits per heavy atom. The van der Waals surface area contributed by atoms with Crippen LogP contribution in [0.1, 0.15) is 53.0 Å². The van der Waals surface area contributed by atoms with Crippen molar-refractivity contribution in [2.45, 2.75) is 52.5 Å². The van der Waals surface area contributed by atoms with E-state index in [1.54, 1.807) is 0 Å². The van der Waals surface area contributed by atoms with E-state index in [1.807, 2.05) is 36.4 Å². The highest BCUT2D eigenvalue weighted by Gasteiger charge is 2.11. The van der Waals surface area contributed by atoms with Crippen LogP contribution in [0.25, 0.3) is 11.0 Å². The van der Waals surface area contributed by atoms with Gasteiger partial charge in [-0.15, -0.1) is 0 Å². The predicted octanol–water partition coefficient (Wildman–Crippen LogP) is 6.27. The number of aromatic nitrogens is 2. The van der Waals surface area contributed by atoms with Crippen LogP contribution < -0.4 is 10.1 Å². The van der Waals surface area contributed by atoms with Crippen LogP contribution in [0.3, 0.4) is 0 Å². The number of aryl methyl sites for hydroxylation is 4. The van der Waals surface area contributed by atoms with Gasteiger partial charge in [0, 0.05) is 25.1 Å². The summed E-state index contributed by atoms with van der Waals surface area (Å²) in [6.07, 6.45) is 4.91. The van der Waals surface area contributed by atoms with Crippen molar-refractivity contribution in [1.82, 2.24) is 14.9 Å². The molecule has 0 aliphatic carbocycles. The van der Waals surface area contributed by atoms with Crippen LogP contribution >= 0.6 is 0 Å². The summed E-state index contributed by atoms with van der Waals surface area (Å²) >= 11 is 0. The van der Waals surface area contributed by atoms with Crippen molar-refractivity contribution in [1.29, 1.82) is 0 Å². The van der Waals surface area contributed by atoms with Gasteiger partial charge in [-0.2, -0.15) is 0 Å². The molecule has 4 rings (SSSR count). The molecular formula is C30H35N3O2. The van der Waals surface area contributed by atoms with Crippen LogP contribution in [0.2, 0.25) is 0 Å². The van der Waals surface area contributed by atoms with E-state index >= 15 is 0 Å². The lowest BCUT2D eigenvalue weighted by Gasteiger charge is -2.13. The summed E-state index contributed by atoms with van der Waals surface area (Å²) in [5.74, 6) is 2.13. The molecule has 0 fully saturated rings. The highest BCUT2D eigenvalue weighted by molar-refractivity contribution is 5.94. The highest BCUT2D eigenvalue weighted by atomic mass is 16.5. The summed E-state index contributed by atoms with van der Waals surface area (Å²) in [7, 11) is 0. The SMILES string of the molecule is Cc1cccc(C)c1OCCCn1c(CCCCCNC(=O)c2ccccc2)nc2ccccc21. The van der Waals surface area contributed by atoms with Gasteiger partial charge in [-0.05, 0) is 68.5 Å². The Morgan fingerprint density at radius 1 is 0.857 bits per heavy atom. The molecule has 5 nitrogen and oxygen atoms in total. The van der Waals surface area contributed by atoms with Crippen molar-refractivity contribution in [2.75, 3.05) is 13.2 Å². The van der Waals surface area contributed by atoms with E-state index in [0.29, 0.717) is 18.7 Å². The number of fused-ring (bicyclic) bond motifs is 1. The van der Waals surface area contributed by atoms with E-state index in [0.717, 1.165) is 55.7 Å². The van der Waals surface area contributed by atoms with Crippen molar-refractivity contribution >= 4 is 16.9 Å². The normalized spacial score (nSPS) is 11.0. The average molecular weight is 470 g/mol. The number of ether oxygens (including phenoxy) is 1. The fourth-order valence-corrected chi connectivity index (χ4v) is 4.47. The number of imidazole rings is 1. The molecular weight excluding hydrogens is 434 g/mol. The first-order valence-electron chi connectivity index (χ1n) is 12.6. The van der Waals surface area contributed by atoms with E-state index in [-0.39, 0.29) is 5.91 Å². The third-order valence-electron chi connectivity index (χ3n) is 6.31. The van der Waals surface area contributed by atoms with Gasteiger partial charge in [0.1, 0.15) is 11.6 Å². The van der Waals surface area contributed by atoms with E-state index < -0.39 is 0 Å². The van der Waals surface area contributed by atoms with Crippen molar-refractivity contribution in [3.63, 3.8) is 0 Å². The summed E-state index contributed by atoms with van der Waals surface area (Å²) in [5.41, 5.74) is 5.30.